The van der Waals surface area contributed by atoms with Crippen LogP contribution in [0.4, 0.5) is 4.39 Å². The van der Waals surface area contributed by atoms with Crippen LogP contribution in [0.1, 0.15) is 84.1 Å². The monoisotopic (exact) mass is 336 g/mol. The number of rotatable bonds is 13. The Bertz CT molecular complexity index is 414. The third-order valence-corrected chi connectivity index (χ3v) is 5.65. The normalized spacial score (nSPS) is 13.2. The van der Waals surface area contributed by atoms with E-state index in [1.165, 1.54) is 50.5 Å². The Hall–Kier alpha value is -0.890. The molecule has 0 radical (unpaired) electrons. The molecule has 0 saturated carbocycles. The van der Waals surface area contributed by atoms with Gasteiger partial charge in [-0.25, -0.2) is 4.39 Å². The van der Waals surface area contributed by atoms with Crippen LogP contribution < -0.4 is 0 Å². The summed E-state index contributed by atoms with van der Waals surface area (Å²) in [7, 11) is 1.85. The van der Waals surface area contributed by atoms with Crippen molar-refractivity contribution in [3.63, 3.8) is 0 Å². The smallest absolute Gasteiger partial charge is 0.123 e. The molecule has 1 nitrogen and oxygen atoms in total. The molecule has 1 aromatic carbocycles. The number of hydrogen-bond acceptors (Lipinski definition) is 1. The van der Waals surface area contributed by atoms with Gasteiger partial charge in [0.15, 0.2) is 0 Å². The summed E-state index contributed by atoms with van der Waals surface area (Å²) < 4.78 is 19.2. The first kappa shape index (κ1) is 21.2. The third kappa shape index (κ3) is 6.55. The van der Waals surface area contributed by atoms with Crippen LogP contribution >= 0.6 is 0 Å². The van der Waals surface area contributed by atoms with Gasteiger partial charge < -0.3 is 4.74 Å². The van der Waals surface area contributed by atoms with Gasteiger partial charge in [-0.1, -0.05) is 71.4 Å². The van der Waals surface area contributed by atoms with Crippen molar-refractivity contribution in [1.29, 1.82) is 0 Å². The average molecular weight is 337 g/mol. The van der Waals surface area contributed by atoms with Gasteiger partial charge in [-0.15, -0.1) is 0 Å². The lowest BCUT2D eigenvalue weighted by atomic mass is 9.76. The molecule has 0 aliphatic rings. The Kier molecular flexibility index (Phi) is 10.2. The number of benzene rings is 1. The van der Waals surface area contributed by atoms with Crippen molar-refractivity contribution >= 4 is 0 Å². The topological polar surface area (TPSA) is 9.23 Å². The molecule has 0 heterocycles. The van der Waals surface area contributed by atoms with Crippen molar-refractivity contribution in [2.45, 2.75) is 90.6 Å². The van der Waals surface area contributed by atoms with Gasteiger partial charge in [0, 0.05) is 7.11 Å². The van der Waals surface area contributed by atoms with E-state index in [9.17, 15) is 4.39 Å². The third-order valence-electron chi connectivity index (χ3n) is 5.65. The maximum atomic E-state index is 13.2. The summed E-state index contributed by atoms with van der Waals surface area (Å²) in [6.45, 7) is 6.71. The van der Waals surface area contributed by atoms with E-state index in [-0.39, 0.29) is 11.4 Å². The fourth-order valence-electron chi connectivity index (χ4n) is 3.91. The lowest BCUT2D eigenvalue weighted by Gasteiger charge is -2.39. The first-order chi connectivity index (χ1) is 11.6. The van der Waals surface area contributed by atoms with Crippen molar-refractivity contribution in [2.75, 3.05) is 7.11 Å². The Balaban J connectivity index is 2.69. The SMILES string of the molecule is CCCCCCCCC(Cc1ccc(F)cc1)C(CC)(CC)OC. The van der Waals surface area contributed by atoms with Gasteiger partial charge in [-0.05, 0) is 49.3 Å². The molecule has 24 heavy (non-hydrogen) atoms. The Morgan fingerprint density at radius 1 is 0.917 bits per heavy atom. The molecule has 1 rings (SSSR count). The highest BCUT2D eigenvalue weighted by Crippen LogP contribution is 2.35. The lowest BCUT2D eigenvalue weighted by molar-refractivity contribution is -0.0679. The quantitative estimate of drug-likeness (QED) is 0.354. The summed E-state index contributed by atoms with van der Waals surface area (Å²) >= 11 is 0. The van der Waals surface area contributed by atoms with E-state index in [1.807, 2.05) is 19.2 Å². The minimum Gasteiger partial charge on any atom is -0.378 e. The predicted octanol–water partition coefficient (Wildman–Crippen LogP) is 6.94. The largest absolute Gasteiger partial charge is 0.378 e. The van der Waals surface area contributed by atoms with Crippen LogP contribution in [0.2, 0.25) is 0 Å². The van der Waals surface area contributed by atoms with Crippen LogP contribution in [0.25, 0.3) is 0 Å². The van der Waals surface area contributed by atoms with Gasteiger partial charge in [-0.3, -0.25) is 0 Å². The molecular formula is C22H37FO. The number of unbranched alkanes of at least 4 members (excludes halogenated alkanes) is 5. The van der Waals surface area contributed by atoms with Gasteiger partial charge in [0.05, 0.1) is 5.60 Å². The molecule has 1 unspecified atom stereocenters. The average Bonchev–Trinajstić information content (AvgIpc) is 2.61. The van der Waals surface area contributed by atoms with E-state index in [4.69, 9.17) is 4.74 Å². The zero-order valence-electron chi connectivity index (χ0n) is 16.2. The minimum absolute atomic E-state index is 0.0577. The molecule has 0 fully saturated rings. The van der Waals surface area contributed by atoms with Gasteiger partial charge in [-0.2, -0.15) is 0 Å². The first-order valence-electron chi connectivity index (χ1n) is 9.91. The van der Waals surface area contributed by atoms with Crippen LogP contribution in [0.3, 0.4) is 0 Å². The van der Waals surface area contributed by atoms with Gasteiger partial charge >= 0.3 is 0 Å². The number of methoxy groups -OCH3 is 1. The van der Waals surface area contributed by atoms with E-state index < -0.39 is 0 Å². The molecule has 0 bridgehead atoms. The van der Waals surface area contributed by atoms with Crippen LogP contribution in [0.5, 0.6) is 0 Å². The van der Waals surface area contributed by atoms with Crippen molar-refractivity contribution < 1.29 is 9.13 Å². The first-order valence-corrected chi connectivity index (χ1v) is 9.91. The molecule has 0 saturated heterocycles. The highest BCUT2D eigenvalue weighted by atomic mass is 19.1. The van der Waals surface area contributed by atoms with Gasteiger partial charge in [0.2, 0.25) is 0 Å². The predicted molar refractivity (Wildman–Crippen MR) is 102 cm³/mol. The Labute approximate surface area is 149 Å². The molecular weight excluding hydrogens is 299 g/mol. The van der Waals surface area contributed by atoms with E-state index in [2.05, 4.69) is 20.8 Å². The highest BCUT2D eigenvalue weighted by Gasteiger charge is 2.35. The number of hydrogen-bond donors (Lipinski definition) is 0. The molecule has 0 spiro atoms. The van der Waals surface area contributed by atoms with Crippen molar-refractivity contribution in [2.24, 2.45) is 5.92 Å². The van der Waals surface area contributed by atoms with Crippen LogP contribution in [0.15, 0.2) is 24.3 Å². The molecule has 0 aliphatic heterocycles. The second-order valence-corrected chi connectivity index (χ2v) is 7.06. The molecule has 1 atom stereocenters. The second-order valence-electron chi connectivity index (χ2n) is 7.06. The summed E-state index contributed by atoms with van der Waals surface area (Å²) in [4.78, 5) is 0. The molecule has 0 aliphatic carbocycles. The standard InChI is InChI=1S/C22H37FO/c1-5-8-9-10-11-12-13-20(22(6-2,7-3)24-4)18-19-14-16-21(23)17-15-19/h14-17,20H,5-13,18H2,1-4H3. The van der Waals surface area contributed by atoms with E-state index in [1.54, 1.807) is 12.1 Å². The maximum Gasteiger partial charge on any atom is 0.123 e. The van der Waals surface area contributed by atoms with Crippen molar-refractivity contribution in [3.8, 4) is 0 Å². The van der Waals surface area contributed by atoms with Crippen LogP contribution in [-0.2, 0) is 11.2 Å². The number of ether oxygens (including phenoxy) is 1. The molecule has 2 heteroatoms. The fourth-order valence-corrected chi connectivity index (χ4v) is 3.91. The fraction of sp³-hybridized carbons (Fsp3) is 0.727. The van der Waals surface area contributed by atoms with E-state index in [0.29, 0.717) is 5.92 Å². The van der Waals surface area contributed by atoms with E-state index in [0.717, 1.165) is 19.3 Å². The molecule has 0 aromatic heterocycles. The summed E-state index contributed by atoms with van der Waals surface area (Å²) in [5, 5.41) is 0. The van der Waals surface area contributed by atoms with Crippen LogP contribution in [-0.4, -0.2) is 12.7 Å². The van der Waals surface area contributed by atoms with Crippen molar-refractivity contribution in [1.82, 2.24) is 0 Å². The van der Waals surface area contributed by atoms with Gasteiger partial charge in [0.1, 0.15) is 5.82 Å². The zero-order chi connectivity index (χ0) is 17.8. The number of halogens is 1. The summed E-state index contributed by atoms with van der Waals surface area (Å²) in [5.41, 5.74) is 1.16. The molecule has 138 valence electrons. The highest BCUT2D eigenvalue weighted by molar-refractivity contribution is 5.17. The summed E-state index contributed by atoms with van der Waals surface area (Å²) in [5.74, 6) is 0.337. The minimum atomic E-state index is -0.157. The zero-order valence-corrected chi connectivity index (χ0v) is 16.2. The Morgan fingerprint density at radius 3 is 2.04 bits per heavy atom. The molecule has 0 amide bonds. The van der Waals surface area contributed by atoms with Crippen LogP contribution in [0, 0.1) is 11.7 Å². The second kappa shape index (κ2) is 11.6. The lowest BCUT2D eigenvalue weighted by Crippen LogP contribution is -2.40. The van der Waals surface area contributed by atoms with Crippen molar-refractivity contribution in [3.05, 3.63) is 35.6 Å². The summed E-state index contributed by atoms with van der Waals surface area (Å²) in [6, 6.07) is 7.00. The summed E-state index contributed by atoms with van der Waals surface area (Å²) in [6.07, 6.45) is 12.2. The van der Waals surface area contributed by atoms with E-state index >= 15 is 0 Å². The Morgan fingerprint density at radius 2 is 1.50 bits per heavy atom. The maximum absolute atomic E-state index is 13.2. The van der Waals surface area contributed by atoms with Gasteiger partial charge in [0.25, 0.3) is 0 Å². The molecule has 0 N–H and O–H groups in total. The molecule has 1 aromatic rings.